The van der Waals surface area contributed by atoms with Crippen LogP contribution in [0.1, 0.15) is 66.2 Å². The van der Waals surface area contributed by atoms with E-state index in [1.54, 1.807) is 0 Å². The lowest BCUT2D eigenvalue weighted by molar-refractivity contribution is -0.130. The van der Waals surface area contributed by atoms with E-state index in [1.165, 1.54) is 19.3 Å². The van der Waals surface area contributed by atoms with Crippen molar-refractivity contribution in [1.82, 2.24) is 10.2 Å². The molecule has 2 aliphatic rings. The molecular weight excluding hydrogens is 302 g/mol. The zero-order valence-corrected chi connectivity index (χ0v) is 16.1. The van der Waals surface area contributed by atoms with E-state index in [0.29, 0.717) is 12.5 Å². The molecule has 1 amide bonds. The summed E-state index contributed by atoms with van der Waals surface area (Å²) in [5.41, 5.74) is 6.02. The van der Waals surface area contributed by atoms with Gasteiger partial charge in [0.1, 0.15) is 0 Å². The van der Waals surface area contributed by atoms with Crippen LogP contribution in [0.15, 0.2) is 0 Å². The number of hydrogen-bond donors (Lipinski definition) is 2. The van der Waals surface area contributed by atoms with Gasteiger partial charge in [0.15, 0.2) is 0 Å². The maximum atomic E-state index is 12.4. The monoisotopic (exact) mass is 339 g/mol. The van der Waals surface area contributed by atoms with Gasteiger partial charge in [0.25, 0.3) is 0 Å². The first-order chi connectivity index (χ1) is 11.2. The Bertz CT molecular complexity index is 417. The first kappa shape index (κ1) is 19.7. The van der Waals surface area contributed by atoms with Gasteiger partial charge in [-0.1, -0.05) is 33.1 Å². The average molecular weight is 340 g/mol. The molecule has 0 radical (unpaired) electrons. The lowest BCUT2D eigenvalue weighted by Gasteiger charge is -2.51. The predicted molar refractivity (Wildman–Crippen MR) is 97.9 cm³/mol. The van der Waals surface area contributed by atoms with E-state index in [-0.39, 0.29) is 17.0 Å². The molecule has 0 bridgehead atoms. The van der Waals surface area contributed by atoms with E-state index in [1.807, 2.05) is 0 Å². The number of hydrogen-bond acceptors (Lipinski definition) is 4. The van der Waals surface area contributed by atoms with Gasteiger partial charge in [0.2, 0.25) is 5.91 Å². The van der Waals surface area contributed by atoms with E-state index >= 15 is 0 Å². The third-order valence-corrected chi connectivity index (χ3v) is 5.53. The second-order valence-electron chi connectivity index (χ2n) is 8.77. The summed E-state index contributed by atoms with van der Waals surface area (Å²) in [6.07, 6.45) is 6.84. The number of amides is 1. The summed E-state index contributed by atoms with van der Waals surface area (Å²) in [6, 6.07) is -0.397. The van der Waals surface area contributed by atoms with Crippen molar-refractivity contribution in [1.29, 1.82) is 0 Å². The number of morpholine rings is 1. The van der Waals surface area contributed by atoms with Gasteiger partial charge in [-0.3, -0.25) is 9.69 Å². The molecular formula is C19H37N3O2. The van der Waals surface area contributed by atoms with Crippen LogP contribution < -0.4 is 11.1 Å². The van der Waals surface area contributed by atoms with Crippen molar-refractivity contribution in [2.75, 3.05) is 26.2 Å². The van der Waals surface area contributed by atoms with Gasteiger partial charge in [0, 0.05) is 25.2 Å². The summed E-state index contributed by atoms with van der Waals surface area (Å²) >= 11 is 0. The first-order valence-electron chi connectivity index (χ1n) is 9.66. The van der Waals surface area contributed by atoms with E-state index in [4.69, 9.17) is 10.5 Å². The molecule has 2 fully saturated rings. The summed E-state index contributed by atoms with van der Waals surface area (Å²) < 4.78 is 5.89. The molecule has 1 heterocycles. The zero-order chi connectivity index (χ0) is 17.8. The molecule has 1 atom stereocenters. The third-order valence-electron chi connectivity index (χ3n) is 5.53. The van der Waals surface area contributed by atoms with Crippen LogP contribution >= 0.6 is 0 Å². The van der Waals surface area contributed by atoms with Crippen molar-refractivity contribution in [3.63, 3.8) is 0 Å². The highest BCUT2D eigenvalue weighted by Crippen LogP contribution is 2.36. The third kappa shape index (κ3) is 5.17. The molecule has 0 aromatic heterocycles. The van der Waals surface area contributed by atoms with E-state index < -0.39 is 6.04 Å². The summed E-state index contributed by atoms with van der Waals surface area (Å²) in [5.74, 6) is 0.440. The number of nitrogens with one attached hydrogen (secondary N) is 1. The number of rotatable bonds is 6. The van der Waals surface area contributed by atoms with Gasteiger partial charge in [-0.25, -0.2) is 0 Å². The van der Waals surface area contributed by atoms with Crippen molar-refractivity contribution in [2.45, 2.75) is 83.4 Å². The Morgan fingerprint density at radius 2 is 1.92 bits per heavy atom. The summed E-state index contributed by atoms with van der Waals surface area (Å²) in [5, 5.41) is 3.18. The Kier molecular flexibility index (Phi) is 6.68. The normalized spacial score (nSPS) is 25.4. The van der Waals surface area contributed by atoms with Crippen molar-refractivity contribution in [3.05, 3.63) is 0 Å². The fraction of sp³-hybridized carbons (Fsp3) is 0.947. The Hall–Kier alpha value is -0.650. The topological polar surface area (TPSA) is 67.6 Å². The number of carbonyl (C=O) groups is 1. The number of ether oxygens (including phenoxy) is 1. The Morgan fingerprint density at radius 1 is 1.25 bits per heavy atom. The second kappa shape index (κ2) is 8.15. The maximum Gasteiger partial charge on any atom is 0.236 e. The van der Waals surface area contributed by atoms with Crippen LogP contribution in [0.5, 0.6) is 0 Å². The Labute approximate surface area is 147 Å². The van der Waals surface area contributed by atoms with E-state index in [0.717, 1.165) is 39.0 Å². The predicted octanol–water partition coefficient (Wildman–Crippen LogP) is 2.29. The molecule has 0 spiro atoms. The first-order valence-corrected chi connectivity index (χ1v) is 9.66. The smallest absolute Gasteiger partial charge is 0.236 e. The van der Waals surface area contributed by atoms with Gasteiger partial charge in [-0.15, -0.1) is 0 Å². The molecule has 0 aromatic rings. The highest BCUT2D eigenvalue weighted by Gasteiger charge is 2.42. The van der Waals surface area contributed by atoms with E-state index in [9.17, 15) is 4.79 Å². The van der Waals surface area contributed by atoms with Crippen LogP contribution in [0, 0.1) is 5.92 Å². The lowest BCUT2D eigenvalue weighted by atomic mass is 9.79. The number of nitrogens with two attached hydrogens (primary N) is 1. The van der Waals surface area contributed by atoms with Crippen molar-refractivity contribution in [2.24, 2.45) is 11.7 Å². The molecule has 5 nitrogen and oxygen atoms in total. The van der Waals surface area contributed by atoms with Gasteiger partial charge in [-0.05, 0) is 39.0 Å². The van der Waals surface area contributed by atoms with Gasteiger partial charge in [-0.2, -0.15) is 0 Å². The minimum atomic E-state index is -0.397. The van der Waals surface area contributed by atoms with Crippen molar-refractivity contribution < 1.29 is 9.53 Å². The Morgan fingerprint density at radius 3 is 2.50 bits per heavy atom. The average Bonchev–Trinajstić information content (AvgIpc) is 2.52. The van der Waals surface area contributed by atoms with Gasteiger partial charge in [0.05, 0.1) is 18.2 Å². The molecule has 0 unspecified atom stereocenters. The minimum absolute atomic E-state index is 0.00108. The zero-order valence-electron chi connectivity index (χ0n) is 16.1. The maximum absolute atomic E-state index is 12.4. The van der Waals surface area contributed by atoms with Crippen LogP contribution in [0.4, 0.5) is 0 Å². The largest absolute Gasteiger partial charge is 0.373 e. The molecule has 1 saturated carbocycles. The van der Waals surface area contributed by atoms with Gasteiger partial charge < -0.3 is 15.8 Å². The molecule has 2 rings (SSSR count). The van der Waals surface area contributed by atoms with E-state index in [2.05, 4.69) is 37.9 Å². The summed E-state index contributed by atoms with van der Waals surface area (Å²) in [7, 11) is 0. The molecule has 3 N–H and O–H groups in total. The van der Waals surface area contributed by atoms with Crippen LogP contribution in [0.3, 0.4) is 0 Å². The highest BCUT2D eigenvalue weighted by atomic mass is 16.5. The molecule has 1 aliphatic carbocycles. The fourth-order valence-electron chi connectivity index (χ4n) is 4.23. The SMILES string of the molecule is CC(C)C[C@H](N)C(=O)NCC1(N2CCOC(C)(C)C2)CCCCC1. The van der Waals surface area contributed by atoms with Gasteiger partial charge >= 0.3 is 0 Å². The number of nitrogens with zero attached hydrogens (tertiary/aromatic N) is 1. The lowest BCUT2D eigenvalue weighted by Crippen LogP contribution is -2.63. The Balaban J connectivity index is 2.01. The quantitative estimate of drug-likeness (QED) is 0.779. The van der Waals surface area contributed by atoms with Crippen LogP contribution in [0.2, 0.25) is 0 Å². The fourth-order valence-corrected chi connectivity index (χ4v) is 4.23. The minimum Gasteiger partial charge on any atom is -0.373 e. The summed E-state index contributed by atoms with van der Waals surface area (Å²) in [6.45, 7) is 11.9. The molecule has 1 saturated heterocycles. The molecule has 1 aliphatic heterocycles. The molecule has 5 heteroatoms. The van der Waals surface area contributed by atoms with Crippen molar-refractivity contribution in [3.8, 4) is 0 Å². The summed E-state index contributed by atoms with van der Waals surface area (Å²) in [4.78, 5) is 15.0. The highest BCUT2D eigenvalue weighted by molar-refractivity contribution is 5.81. The van der Waals surface area contributed by atoms with Crippen LogP contribution in [-0.2, 0) is 9.53 Å². The number of carbonyl (C=O) groups excluding carboxylic acids is 1. The van der Waals surface area contributed by atoms with Crippen LogP contribution in [0.25, 0.3) is 0 Å². The standard InChI is InChI=1S/C19H37N3O2/c1-15(2)12-16(20)17(23)21-13-19(8-6-5-7-9-19)22-10-11-24-18(3,4)14-22/h15-16H,5-14,20H2,1-4H3,(H,21,23)/t16-/m0/s1. The second-order valence-corrected chi connectivity index (χ2v) is 8.77. The molecule has 24 heavy (non-hydrogen) atoms. The molecule has 140 valence electrons. The van der Waals surface area contributed by atoms with Crippen LogP contribution in [-0.4, -0.2) is 54.2 Å². The van der Waals surface area contributed by atoms with Crippen molar-refractivity contribution >= 4 is 5.91 Å². The molecule has 0 aromatic carbocycles.